The van der Waals surface area contributed by atoms with Crippen LogP contribution < -0.4 is 18.9 Å². The Morgan fingerprint density at radius 2 is 0.917 bits per heavy atom. The van der Waals surface area contributed by atoms with Crippen molar-refractivity contribution >= 4 is 11.8 Å². The first-order valence-corrected chi connectivity index (χ1v) is 17.5. The summed E-state index contributed by atoms with van der Waals surface area (Å²) in [5.41, 5.74) is 0.591. The van der Waals surface area contributed by atoms with E-state index < -0.39 is 23.9 Å². The number of nitrogens with zero attached hydrogens (tertiary/aromatic N) is 8. The highest BCUT2D eigenvalue weighted by Crippen LogP contribution is 2.38. The van der Waals surface area contributed by atoms with Gasteiger partial charge >= 0.3 is 12.7 Å². The molecule has 0 fully saturated rings. The standard InChI is InChI=1S/2C19H15F3N4O4/c2*1-11-24-25-17(27-11)12-7-15(10-23-9-12)28-16-8-18(2,30-26-16)13-3-5-14(6-4-13)29-19(20,21)22/h2*3-7,9-10H,8H2,1-2H3/t2*18-/m10/s1. The van der Waals surface area contributed by atoms with E-state index in [1.54, 1.807) is 52.2 Å². The van der Waals surface area contributed by atoms with Crippen LogP contribution in [0, 0.1) is 13.8 Å². The van der Waals surface area contributed by atoms with Gasteiger partial charge in [0, 0.05) is 26.2 Å². The lowest BCUT2D eigenvalue weighted by molar-refractivity contribution is -0.275. The molecule has 6 aromatic rings. The number of pyridine rings is 2. The average Bonchev–Trinajstić information content (AvgIpc) is 4.00. The van der Waals surface area contributed by atoms with Crippen LogP contribution >= 0.6 is 0 Å². The molecule has 0 saturated heterocycles. The van der Waals surface area contributed by atoms with Crippen LogP contribution in [0.5, 0.6) is 23.0 Å². The van der Waals surface area contributed by atoms with E-state index in [1.807, 2.05) is 0 Å². The lowest BCUT2D eigenvalue weighted by Gasteiger charge is -2.21. The molecule has 6 heterocycles. The molecule has 0 unspecified atom stereocenters. The maximum absolute atomic E-state index is 12.3. The van der Waals surface area contributed by atoms with E-state index in [-0.39, 0.29) is 36.1 Å². The maximum atomic E-state index is 12.3. The zero-order valence-electron chi connectivity index (χ0n) is 31.6. The molecular weight excluding hydrogens is 810 g/mol. The van der Waals surface area contributed by atoms with Crippen molar-refractivity contribution in [2.45, 2.75) is 64.5 Å². The van der Waals surface area contributed by atoms with Gasteiger partial charge in [0.25, 0.3) is 0 Å². The van der Waals surface area contributed by atoms with Crippen molar-refractivity contribution in [3.05, 3.63) is 108 Å². The van der Waals surface area contributed by atoms with Crippen LogP contribution in [-0.2, 0) is 20.9 Å². The number of alkyl halides is 6. The van der Waals surface area contributed by atoms with E-state index in [9.17, 15) is 26.3 Å². The van der Waals surface area contributed by atoms with Crippen LogP contribution in [0.1, 0.15) is 49.6 Å². The summed E-state index contributed by atoms with van der Waals surface area (Å²) in [6.07, 6.45) is -2.87. The number of rotatable bonds is 8. The third-order valence-electron chi connectivity index (χ3n) is 8.52. The molecule has 4 aromatic heterocycles. The van der Waals surface area contributed by atoms with E-state index in [1.165, 1.54) is 60.9 Å². The molecule has 312 valence electrons. The second-order valence-electron chi connectivity index (χ2n) is 13.4. The third-order valence-corrected chi connectivity index (χ3v) is 8.52. The summed E-state index contributed by atoms with van der Waals surface area (Å²) in [7, 11) is 0. The van der Waals surface area contributed by atoms with Gasteiger partial charge in [-0.1, -0.05) is 34.6 Å². The summed E-state index contributed by atoms with van der Waals surface area (Å²) in [6, 6.07) is 14.2. The van der Waals surface area contributed by atoms with Crippen molar-refractivity contribution in [1.82, 2.24) is 30.4 Å². The minimum atomic E-state index is -4.75. The molecule has 8 rings (SSSR count). The van der Waals surface area contributed by atoms with Crippen molar-refractivity contribution in [3.8, 4) is 45.9 Å². The molecule has 2 aliphatic rings. The first-order valence-electron chi connectivity index (χ1n) is 17.5. The monoisotopic (exact) mass is 840 g/mol. The maximum Gasteiger partial charge on any atom is 0.573 e. The average molecular weight is 841 g/mol. The number of hydrogen-bond donors (Lipinski definition) is 0. The summed E-state index contributed by atoms with van der Waals surface area (Å²) in [4.78, 5) is 19.2. The first kappa shape index (κ1) is 40.9. The van der Waals surface area contributed by atoms with Crippen molar-refractivity contribution < 1.29 is 63.8 Å². The normalized spacial score (nSPS) is 18.6. The SMILES string of the molecule is Cc1nnc(-c2cncc(OC3=NO[C@@](C)(c4ccc(OC(F)(F)F)cc4)C3)c2)o1.Cc1nnc(-c2cncc(OC3=NO[C@](C)(c4ccc(OC(F)(F)F)cc4)C3)c2)o1. The highest BCUT2D eigenvalue weighted by Gasteiger charge is 2.40. The fraction of sp³-hybridized carbons (Fsp3) is 0.263. The molecule has 22 heteroatoms. The topological polar surface area (TPSA) is 184 Å². The number of aromatic nitrogens is 6. The van der Waals surface area contributed by atoms with Gasteiger partial charge in [-0.05, 0) is 61.4 Å². The van der Waals surface area contributed by atoms with Crippen LogP contribution in [-0.4, -0.2) is 54.9 Å². The van der Waals surface area contributed by atoms with Crippen molar-refractivity contribution in [2.24, 2.45) is 10.3 Å². The van der Waals surface area contributed by atoms with Gasteiger partial charge in [0.05, 0.1) is 36.4 Å². The molecule has 0 amide bonds. The number of halogens is 6. The van der Waals surface area contributed by atoms with Gasteiger partial charge in [0.1, 0.15) is 23.0 Å². The molecular formula is C38H30F6N8O8. The zero-order valence-corrected chi connectivity index (χ0v) is 31.6. The lowest BCUT2D eigenvalue weighted by atomic mass is 9.93. The van der Waals surface area contributed by atoms with E-state index in [2.05, 4.69) is 50.1 Å². The van der Waals surface area contributed by atoms with Crippen LogP contribution in [0.25, 0.3) is 22.9 Å². The highest BCUT2D eigenvalue weighted by molar-refractivity contribution is 5.81. The Morgan fingerprint density at radius 3 is 1.25 bits per heavy atom. The van der Waals surface area contributed by atoms with E-state index in [0.29, 0.717) is 57.3 Å². The van der Waals surface area contributed by atoms with Crippen LogP contribution in [0.15, 0.2) is 105 Å². The van der Waals surface area contributed by atoms with Gasteiger partial charge in [-0.25, -0.2) is 0 Å². The Bertz CT molecular complexity index is 2340. The van der Waals surface area contributed by atoms with Gasteiger partial charge < -0.3 is 37.5 Å². The molecule has 60 heavy (non-hydrogen) atoms. The summed E-state index contributed by atoms with van der Waals surface area (Å²) < 4.78 is 104. The highest BCUT2D eigenvalue weighted by atomic mass is 19.4. The van der Waals surface area contributed by atoms with Gasteiger partial charge in [-0.3, -0.25) is 9.97 Å². The Labute approximate surface area is 334 Å². The molecule has 16 nitrogen and oxygen atoms in total. The Morgan fingerprint density at radius 1 is 0.533 bits per heavy atom. The molecule has 0 radical (unpaired) electrons. The molecule has 0 N–H and O–H groups in total. The number of oxime groups is 2. The molecule has 2 aliphatic heterocycles. The van der Waals surface area contributed by atoms with Gasteiger partial charge in [-0.2, -0.15) is 0 Å². The van der Waals surface area contributed by atoms with Crippen molar-refractivity contribution in [2.75, 3.05) is 0 Å². The minimum Gasteiger partial charge on any atom is -0.438 e. The van der Waals surface area contributed by atoms with E-state index in [4.69, 9.17) is 28.0 Å². The molecule has 0 saturated carbocycles. The summed E-state index contributed by atoms with van der Waals surface area (Å²) in [5, 5.41) is 23.3. The van der Waals surface area contributed by atoms with Gasteiger partial charge in [0.2, 0.25) is 35.4 Å². The largest absolute Gasteiger partial charge is 0.573 e. The van der Waals surface area contributed by atoms with Crippen molar-refractivity contribution in [3.63, 3.8) is 0 Å². The Kier molecular flexibility index (Phi) is 11.0. The predicted molar refractivity (Wildman–Crippen MR) is 193 cm³/mol. The number of ether oxygens (including phenoxy) is 4. The summed E-state index contributed by atoms with van der Waals surface area (Å²) >= 11 is 0. The number of hydrogen-bond acceptors (Lipinski definition) is 16. The van der Waals surface area contributed by atoms with Crippen LogP contribution in [0.4, 0.5) is 26.3 Å². The van der Waals surface area contributed by atoms with Gasteiger partial charge in [0.15, 0.2) is 11.2 Å². The quantitative estimate of drug-likeness (QED) is 0.133. The fourth-order valence-electron chi connectivity index (χ4n) is 5.73. The zero-order chi connectivity index (χ0) is 42.7. The molecule has 0 aliphatic carbocycles. The Balaban J connectivity index is 0.000000181. The molecule has 2 atom stereocenters. The van der Waals surface area contributed by atoms with Crippen LogP contribution in [0.3, 0.4) is 0 Å². The molecule has 2 aromatic carbocycles. The fourth-order valence-corrected chi connectivity index (χ4v) is 5.73. The Hall–Kier alpha value is -7.26. The number of aryl methyl sites for hydroxylation is 2. The van der Waals surface area contributed by atoms with E-state index in [0.717, 1.165) is 0 Å². The number of benzene rings is 2. The predicted octanol–water partition coefficient (Wildman–Crippen LogP) is 8.73. The summed E-state index contributed by atoms with van der Waals surface area (Å²) in [5.74, 6) is 2.19. The summed E-state index contributed by atoms with van der Waals surface area (Å²) in [6.45, 7) is 6.86. The first-order chi connectivity index (χ1) is 28.4. The smallest absolute Gasteiger partial charge is 0.438 e. The molecule has 0 bridgehead atoms. The second-order valence-corrected chi connectivity index (χ2v) is 13.4. The van der Waals surface area contributed by atoms with Gasteiger partial charge in [-0.15, -0.1) is 46.7 Å². The lowest BCUT2D eigenvalue weighted by Crippen LogP contribution is -2.23. The van der Waals surface area contributed by atoms with Crippen molar-refractivity contribution in [1.29, 1.82) is 0 Å². The second kappa shape index (κ2) is 16.2. The van der Waals surface area contributed by atoms with Crippen LogP contribution in [0.2, 0.25) is 0 Å². The third kappa shape index (κ3) is 10.2. The van der Waals surface area contributed by atoms with E-state index >= 15 is 0 Å². The molecule has 0 spiro atoms. The minimum absolute atomic E-state index is 0.260.